The number of aliphatic hydroxyl groups is 1. The molecule has 1 heterocycles. The molecule has 0 radical (unpaired) electrons. The summed E-state index contributed by atoms with van der Waals surface area (Å²) in [6, 6.07) is 0. The van der Waals surface area contributed by atoms with Crippen LogP contribution in [0.25, 0.3) is 0 Å². The van der Waals surface area contributed by atoms with Crippen LogP contribution in [0.2, 0.25) is 0 Å². The summed E-state index contributed by atoms with van der Waals surface area (Å²) in [5.74, 6) is 1.89. The third kappa shape index (κ3) is 1.76. The molecule has 3 rings (SSSR count). The van der Waals surface area contributed by atoms with Gasteiger partial charge in [-0.3, -0.25) is 0 Å². The summed E-state index contributed by atoms with van der Waals surface area (Å²) in [5.41, 5.74) is 0.482. The number of hydrogen-bond donors (Lipinski definition) is 1. The van der Waals surface area contributed by atoms with Gasteiger partial charge in [0.1, 0.15) is 17.1 Å². The lowest BCUT2D eigenvalue weighted by Gasteiger charge is -2.37. The molecule has 0 saturated carbocycles. The van der Waals surface area contributed by atoms with Gasteiger partial charge >= 0.3 is 0 Å². The molecule has 1 aliphatic heterocycles. The number of rotatable bonds is 2. The largest absolute Gasteiger partial charge is 0.497 e. The monoisotopic (exact) mass is 250 g/mol. The highest BCUT2D eigenvalue weighted by atomic mass is 16.5. The van der Waals surface area contributed by atoms with E-state index in [9.17, 15) is 5.11 Å². The molecule has 0 aromatic carbocycles. The Morgan fingerprint density at radius 1 is 1.39 bits per heavy atom. The van der Waals surface area contributed by atoms with Gasteiger partial charge in [0.15, 0.2) is 0 Å². The molecule has 1 N–H and O–H groups in total. The van der Waals surface area contributed by atoms with Crippen molar-refractivity contribution in [2.24, 2.45) is 5.92 Å². The number of fused-ring (bicyclic) bond motifs is 1. The van der Waals surface area contributed by atoms with Gasteiger partial charge in [0.25, 0.3) is 0 Å². The van der Waals surface area contributed by atoms with Gasteiger partial charge < -0.3 is 14.6 Å². The van der Waals surface area contributed by atoms with E-state index in [1.54, 1.807) is 7.11 Å². The lowest BCUT2D eigenvalue weighted by Crippen LogP contribution is -2.39. The highest BCUT2D eigenvalue weighted by Crippen LogP contribution is 2.50. The highest BCUT2D eigenvalue weighted by Gasteiger charge is 2.51. The van der Waals surface area contributed by atoms with Crippen molar-refractivity contribution in [3.05, 3.63) is 23.2 Å². The standard InChI is InChI=1S/C15H22O3/c1-17-13-10-15(16,11-6-3-2-4-7-11)12-8-5-9-18-14(12)13/h6,12,16H,2-5,7-10H2,1H3/t12-,15-/m1/s1. The van der Waals surface area contributed by atoms with Crippen LogP contribution in [-0.2, 0) is 9.47 Å². The molecule has 0 bridgehead atoms. The molecule has 2 atom stereocenters. The smallest absolute Gasteiger partial charge is 0.140 e. The van der Waals surface area contributed by atoms with Crippen LogP contribution in [0.15, 0.2) is 23.2 Å². The predicted octanol–water partition coefficient (Wildman–Crippen LogP) is 2.91. The number of hydrogen-bond acceptors (Lipinski definition) is 3. The predicted molar refractivity (Wildman–Crippen MR) is 68.8 cm³/mol. The van der Waals surface area contributed by atoms with Crippen LogP contribution < -0.4 is 0 Å². The second-order valence-electron chi connectivity index (χ2n) is 5.61. The average molecular weight is 250 g/mol. The van der Waals surface area contributed by atoms with E-state index in [2.05, 4.69) is 6.08 Å². The first-order valence-corrected chi connectivity index (χ1v) is 7.07. The molecule has 0 spiro atoms. The van der Waals surface area contributed by atoms with Crippen LogP contribution >= 0.6 is 0 Å². The Kier molecular flexibility index (Phi) is 3.10. The zero-order valence-corrected chi connectivity index (χ0v) is 11.1. The van der Waals surface area contributed by atoms with Crippen molar-refractivity contribution in [2.75, 3.05) is 13.7 Å². The Bertz CT molecular complexity index is 397. The maximum absolute atomic E-state index is 11.1. The van der Waals surface area contributed by atoms with Crippen LogP contribution in [0, 0.1) is 5.92 Å². The molecular formula is C15H22O3. The van der Waals surface area contributed by atoms with Crippen molar-refractivity contribution in [2.45, 2.75) is 50.5 Å². The Labute approximate surface area is 108 Å². The van der Waals surface area contributed by atoms with Crippen molar-refractivity contribution in [3.63, 3.8) is 0 Å². The summed E-state index contributed by atoms with van der Waals surface area (Å²) in [7, 11) is 1.68. The molecular weight excluding hydrogens is 228 g/mol. The lowest BCUT2D eigenvalue weighted by molar-refractivity contribution is -0.00331. The zero-order chi connectivity index (χ0) is 12.6. The van der Waals surface area contributed by atoms with Crippen molar-refractivity contribution < 1.29 is 14.6 Å². The van der Waals surface area contributed by atoms with Crippen LogP contribution in [0.4, 0.5) is 0 Å². The summed E-state index contributed by atoms with van der Waals surface area (Å²) in [6.07, 6.45) is 9.44. The van der Waals surface area contributed by atoms with E-state index in [4.69, 9.17) is 9.47 Å². The fraction of sp³-hybridized carbons (Fsp3) is 0.733. The first kappa shape index (κ1) is 12.1. The summed E-state index contributed by atoms with van der Waals surface area (Å²) in [4.78, 5) is 0. The molecule has 2 aliphatic carbocycles. The Balaban J connectivity index is 1.92. The quantitative estimate of drug-likeness (QED) is 0.766. The second-order valence-corrected chi connectivity index (χ2v) is 5.61. The summed E-state index contributed by atoms with van der Waals surface area (Å²) in [5, 5.41) is 11.1. The fourth-order valence-electron chi connectivity index (χ4n) is 3.63. The number of ether oxygens (including phenoxy) is 2. The van der Waals surface area contributed by atoms with E-state index < -0.39 is 5.60 Å². The molecule has 0 aromatic rings. The van der Waals surface area contributed by atoms with Gasteiger partial charge in [0.05, 0.1) is 19.6 Å². The molecule has 100 valence electrons. The minimum Gasteiger partial charge on any atom is -0.497 e. The van der Waals surface area contributed by atoms with Gasteiger partial charge in [-0.05, 0) is 44.1 Å². The minimum atomic E-state index is -0.735. The summed E-state index contributed by atoms with van der Waals surface area (Å²) >= 11 is 0. The zero-order valence-electron chi connectivity index (χ0n) is 11.1. The maximum atomic E-state index is 11.1. The first-order valence-electron chi connectivity index (χ1n) is 7.07. The van der Waals surface area contributed by atoms with Crippen molar-refractivity contribution >= 4 is 0 Å². The lowest BCUT2D eigenvalue weighted by atomic mass is 9.75. The first-order chi connectivity index (χ1) is 8.75. The van der Waals surface area contributed by atoms with E-state index in [1.807, 2.05) is 0 Å². The van der Waals surface area contributed by atoms with E-state index >= 15 is 0 Å². The Morgan fingerprint density at radius 3 is 3.00 bits per heavy atom. The summed E-state index contributed by atoms with van der Waals surface area (Å²) in [6.45, 7) is 0.758. The van der Waals surface area contributed by atoms with E-state index in [0.717, 1.165) is 43.8 Å². The fourth-order valence-corrected chi connectivity index (χ4v) is 3.63. The van der Waals surface area contributed by atoms with Crippen molar-refractivity contribution in [3.8, 4) is 0 Å². The van der Waals surface area contributed by atoms with Gasteiger partial charge in [0.2, 0.25) is 0 Å². The Hall–Kier alpha value is -0.960. The van der Waals surface area contributed by atoms with E-state index in [0.29, 0.717) is 6.42 Å². The number of methoxy groups -OCH3 is 1. The molecule has 0 unspecified atom stereocenters. The van der Waals surface area contributed by atoms with Gasteiger partial charge in [-0.1, -0.05) is 6.08 Å². The van der Waals surface area contributed by atoms with Crippen LogP contribution in [0.1, 0.15) is 44.9 Å². The van der Waals surface area contributed by atoms with E-state index in [1.165, 1.54) is 18.4 Å². The molecule has 0 amide bonds. The molecule has 1 fully saturated rings. The van der Waals surface area contributed by atoms with Gasteiger partial charge in [-0.15, -0.1) is 0 Å². The minimum absolute atomic E-state index is 0.116. The van der Waals surface area contributed by atoms with E-state index in [-0.39, 0.29) is 5.92 Å². The van der Waals surface area contributed by atoms with Crippen molar-refractivity contribution in [1.82, 2.24) is 0 Å². The van der Waals surface area contributed by atoms with Gasteiger partial charge in [-0.2, -0.15) is 0 Å². The normalized spacial score (nSPS) is 35.9. The Morgan fingerprint density at radius 2 is 2.28 bits per heavy atom. The molecule has 18 heavy (non-hydrogen) atoms. The van der Waals surface area contributed by atoms with Crippen molar-refractivity contribution in [1.29, 1.82) is 0 Å². The van der Waals surface area contributed by atoms with Crippen LogP contribution in [0.3, 0.4) is 0 Å². The van der Waals surface area contributed by atoms with Gasteiger partial charge in [-0.25, -0.2) is 0 Å². The summed E-state index contributed by atoms with van der Waals surface area (Å²) < 4.78 is 11.2. The SMILES string of the molecule is COC1=C2OCCC[C@H]2[C@](O)(C2=CCCCC2)C1. The molecule has 3 heteroatoms. The van der Waals surface area contributed by atoms with Gasteiger partial charge in [0, 0.05) is 6.42 Å². The van der Waals surface area contributed by atoms with Crippen LogP contribution in [-0.4, -0.2) is 24.4 Å². The third-order valence-electron chi connectivity index (χ3n) is 4.59. The van der Waals surface area contributed by atoms with Crippen LogP contribution in [0.5, 0.6) is 0 Å². The second kappa shape index (κ2) is 4.61. The molecule has 1 saturated heterocycles. The highest BCUT2D eigenvalue weighted by molar-refractivity contribution is 5.34. The third-order valence-corrected chi connectivity index (χ3v) is 4.59. The molecule has 3 aliphatic rings. The maximum Gasteiger partial charge on any atom is 0.140 e. The molecule has 3 nitrogen and oxygen atoms in total. The average Bonchev–Trinajstić information content (AvgIpc) is 2.75. The number of allylic oxidation sites excluding steroid dienone is 1. The molecule has 0 aromatic heterocycles. The topological polar surface area (TPSA) is 38.7 Å².